The highest BCUT2D eigenvalue weighted by Gasteiger charge is 2.31. The molecule has 0 amide bonds. The molecule has 0 bridgehead atoms. The Bertz CT molecular complexity index is 822. The van der Waals surface area contributed by atoms with Crippen molar-refractivity contribution in [2.75, 3.05) is 62.9 Å². The number of anilines is 2. The molecular formula is C22H36N8O3. The number of aromatic nitrogens is 2. The summed E-state index contributed by atoms with van der Waals surface area (Å²) in [6, 6.07) is 2.25. The highest BCUT2D eigenvalue weighted by atomic mass is 16.8. The summed E-state index contributed by atoms with van der Waals surface area (Å²) in [7, 11) is 0. The van der Waals surface area contributed by atoms with Crippen LogP contribution in [-0.4, -0.2) is 84.9 Å². The van der Waals surface area contributed by atoms with E-state index in [-0.39, 0.29) is 6.04 Å². The van der Waals surface area contributed by atoms with Gasteiger partial charge in [-0.25, -0.2) is 0 Å². The van der Waals surface area contributed by atoms with Crippen LogP contribution in [0.3, 0.4) is 0 Å². The van der Waals surface area contributed by atoms with Crippen LogP contribution in [-0.2, 0) is 9.68 Å². The summed E-state index contributed by atoms with van der Waals surface area (Å²) in [5, 5.41) is 8.70. The second-order valence-electron chi connectivity index (χ2n) is 8.48. The molecule has 1 aliphatic carbocycles. The van der Waals surface area contributed by atoms with Crippen molar-refractivity contribution in [3.05, 3.63) is 6.07 Å². The first-order chi connectivity index (χ1) is 16.3. The smallest absolute Gasteiger partial charge is 0.320 e. The van der Waals surface area contributed by atoms with Crippen LogP contribution in [0.5, 0.6) is 6.01 Å². The minimum Gasteiger partial charge on any atom is -0.462 e. The number of ether oxygens (including phenoxy) is 2. The van der Waals surface area contributed by atoms with Crippen molar-refractivity contribution in [2.24, 2.45) is 10.3 Å². The molecule has 11 heteroatoms. The second-order valence-corrected chi connectivity index (χ2v) is 8.48. The molecule has 0 radical (unpaired) electrons. The molecule has 1 aromatic rings. The Hall–Kier alpha value is -2.50. The molecule has 1 atom stereocenters. The summed E-state index contributed by atoms with van der Waals surface area (Å²) in [5.74, 6) is 1.47. The summed E-state index contributed by atoms with van der Waals surface area (Å²) < 4.78 is 11.4. The average molecular weight is 461 g/mol. The molecule has 1 aromatic heterocycles. The lowest BCUT2D eigenvalue weighted by Crippen LogP contribution is -2.41. The van der Waals surface area contributed by atoms with Crippen LogP contribution >= 0.6 is 0 Å². The van der Waals surface area contributed by atoms with Crippen LogP contribution < -0.4 is 20.5 Å². The zero-order valence-electron chi connectivity index (χ0n) is 19.8. The van der Waals surface area contributed by atoms with Gasteiger partial charge in [0.25, 0.3) is 0 Å². The van der Waals surface area contributed by atoms with Crippen LogP contribution in [0.4, 0.5) is 11.6 Å². The molecule has 2 N–H and O–H groups in total. The molecule has 0 spiro atoms. The van der Waals surface area contributed by atoms with Crippen LogP contribution in [0, 0.1) is 0 Å². The van der Waals surface area contributed by atoms with Crippen LogP contribution in [0.1, 0.15) is 46.0 Å². The van der Waals surface area contributed by atoms with Crippen molar-refractivity contribution < 1.29 is 14.4 Å². The number of rotatable bonds is 11. The van der Waals surface area contributed by atoms with E-state index < -0.39 is 0 Å². The molecule has 182 valence electrons. The van der Waals surface area contributed by atoms with Crippen molar-refractivity contribution in [3.63, 3.8) is 0 Å². The van der Waals surface area contributed by atoms with Crippen LogP contribution in [0.2, 0.25) is 0 Å². The molecule has 4 rings (SSSR count). The largest absolute Gasteiger partial charge is 0.462 e. The standard InChI is InChI=1S/C22H36N8O3/c1-3-8-30(9-4-2)20-16-19(26-25-17-6-5-7-18-21(17)28-33-27-18)23-22(24-20)32-15-12-29-10-13-31-14-11-29/h16,21,28H,3-15H2,1-2H3,(H,23,24,26)/b25-17+. The summed E-state index contributed by atoms with van der Waals surface area (Å²) in [6.07, 6.45) is 4.90. The molecular weight excluding hydrogens is 424 g/mol. The first-order valence-corrected chi connectivity index (χ1v) is 12.1. The first-order valence-electron chi connectivity index (χ1n) is 12.1. The van der Waals surface area contributed by atoms with Gasteiger partial charge in [-0.2, -0.15) is 15.1 Å². The van der Waals surface area contributed by atoms with Gasteiger partial charge < -0.3 is 14.4 Å². The normalized spacial score (nSPS) is 21.9. The van der Waals surface area contributed by atoms with Gasteiger partial charge in [0.05, 0.1) is 24.6 Å². The lowest BCUT2D eigenvalue weighted by molar-refractivity contribution is 0.0317. The Morgan fingerprint density at radius 1 is 1.21 bits per heavy atom. The average Bonchev–Trinajstić information content (AvgIpc) is 3.33. The predicted molar refractivity (Wildman–Crippen MR) is 128 cm³/mol. The number of hydroxylamine groups is 1. The van der Waals surface area contributed by atoms with Gasteiger partial charge >= 0.3 is 6.01 Å². The van der Waals surface area contributed by atoms with Gasteiger partial charge in [0.1, 0.15) is 18.5 Å². The molecule has 33 heavy (non-hydrogen) atoms. The number of hydrogen-bond donors (Lipinski definition) is 2. The Balaban J connectivity index is 1.47. The minimum absolute atomic E-state index is 0.0616. The Labute approximate surface area is 195 Å². The summed E-state index contributed by atoms with van der Waals surface area (Å²) in [4.78, 5) is 19.0. The maximum Gasteiger partial charge on any atom is 0.320 e. The lowest BCUT2D eigenvalue weighted by Gasteiger charge is -2.26. The van der Waals surface area contributed by atoms with E-state index in [1.807, 2.05) is 6.07 Å². The Morgan fingerprint density at radius 3 is 2.82 bits per heavy atom. The monoisotopic (exact) mass is 460 g/mol. The first kappa shape index (κ1) is 23.7. The highest BCUT2D eigenvalue weighted by molar-refractivity contribution is 6.13. The van der Waals surface area contributed by atoms with E-state index in [1.54, 1.807) is 0 Å². The van der Waals surface area contributed by atoms with E-state index >= 15 is 0 Å². The van der Waals surface area contributed by atoms with E-state index in [0.29, 0.717) is 18.4 Å². The van der Waals surface area contributed by atoms with Crippen LogP contribution in [0.25, 0.3) is 0 Å². The quantitative estimate of drug-likeness (QED) is 0.479. The van der Waals surface area contributed by atoms with Gasteiger partial charge in [-0.05, 0) is 32.1 Å². The number of hydrogen-bond acceptors (Lipinski definition) is 11. The number of hydrazone groups is 1. The molecule has 3 heterocycles. The fourth-order valence-corrected chi connectivity index (χ4v) is 4.22. The van der Waals surface area contributed by atoms with E-state index in [0.717, 1.165) is 95.3 Å². The fourth-order valence-electron chi connectivity index (χ4n) is 4.22. The fraction of sp³-hybridized carbons (Fsp3) is 0.727. The van der Waals surface area contributed by atoms with Crippen molar-refractivity contribution in [2.45, 2.75) is 52.0 Å². The predicted octanol–water partition coefficient (Wildman–Crippen LogP) is 2.03. The number of nitrogens with one attached hydrogen (secondary N) is 2. The zero-order valence-corrected chi connectivity index (χ0v) is 19.8. The topological polar surface area (TPSA) is 109 Å². The van der Waals surface area contributed by atoms with Gasteiger partial charge in [0.2, 0.25) is 0 Å². The SMILES string of the molecule is CCCN(CCC)c1cc(N/N=C2\CCCC3=NONC32)nc(OCCN2CCOCC2)n1. The third kappa shape index (κ3) is 6.52. The highest BCUT2D eigenvalue weighted by Crippen LogP contribution is 2.22. The third-order valence-corrected chi connectivity index (χ3v) is 5.93. The second kappa shape index (κ2) is 12.1. The third-order valence-electron chi connectivity index (χ3n) is 5.93. The van der Waals surface area contributed by atoms with E-state index in [4.69, 9.17) is 19.4 Å². The number of nitrogens with zero attached hydrogens (tertiary/aromatic N) is 6. The number of fused-ring (bicyclic) bond motifs is 1. The molecule has 1 unspecified atom stereocenters. The molecule has 1 saturated carbocycles. The minimum atomic E-state index is -0.0616. The van der Waals surface area contributed by atoms with Gasteiger partial charge in [-0.1, -0.05) is 19.0 Å². The van der Waals surface area contributed by atoms with E-state index in [1.165, 1.54) is 0 Å². The van der Waals surface area contributed by atoms with Crippen molar-refractivity contribution in [1.82, 2.24) is 20.3 Å². The summed E-state index contributed by atoms with van der Waals surface area (Å²) in [5.41, 5.74) is 8.02. The van der Waals surface area contributed by atoms with Crippen molar-refractivity contribution in [1.29, 1.82) is 0 Å². The maximum atomic E-state index is 5.99. The van der Waals surface area contributed by atoms with Crippen molar-refractivity contribution in [3.8, 4) is 6.01 Å². The van der Waals surface area contributed by atoms with Gasteiger partial charge in [0.15, 0.2) is 5.82 Å². The van der Waals surface area contributed by atoms with E-state index in [2.05, 4.69) is 49.8 Å². The molecule has 2 fully saturated rings. The molecule has 1 saturated heterocycles. The number of morpholine rings is 1. The molecule has 3 aliphatic rings. The molecule has 0 aromatic carbocycles. The summed E-state index contributed by atoms with van der Waals surface area (Å²) >= 11 is 0. The van der Waals surface area contributed by atoms with Gasteiger partial charge in [0, 0.05) is 38.8 Å². The van der Waals surface area contributed by atoms with Gasteiger partial charge in [-0.15, -0.1) is 5.48 Å². The Kier molecular flexibility index (Phi) is 8.67. The lowest BCUT2D eigenvalue weighted by atomic mass is 9.92. The van der Waals surface area contributed by atoms with E-state index in [9.17, 15) is 0 Å². The van der Waals surface area contributed by atoms with Crippen molar-refractivity contribution >= 4 is 23.1 Å². The van der Waals surface area contributed by atoms with Gasteiger partial charge in [-0.3, -0.25) is 15.3 Å². The maximum absolute atomic E-state index is 5.99. The number of oxime groups is 1. The zero-order chi connectivity index (χ0) is 22.9. The van der Waals surface area contributed by atoms with Crippen LogP contribution in [0.15, 0.2) is 16.3 Å². The Morgan fingerprint density at radius 2 is 2.03 bits per heavy atom. The molecule has 2 aliphatic heterocycles. The molecule has 11 nitrogen and oxygen atoms in total. The summed E-state index contributed by atoms with van der Waals surface area (Å²) in [6.45, 7) is 11.0.